The lowest BCUT2D eigenvalue weighted by molar-refractivity contribution is -0.141. The molecule has 0 aliphatic rings. The van der Waals surface area contributed by atoms with Gasteiger partial charge in [0.2, 0.25) is 21.8 Å². The molecule has 1 atom stereocenters. The summed E-state index contributed by atoms with van der Waals surface area (Å²) in [5.74, 6) is -0.409. The average molecular weight is 536 g/mol. The van der Waals surface area contributed by atoms with E-state index in [-0.39, 0.29) is 37.4 Å². The third-order valence-corrected chi connectivity index (χ3v) is 7.30. The maximum absolute atomic E-state index is 13.4. The van der Waals surface area contributed by atoms with E-state index in [9.17, 15) is 18.0 Å². The van der Waals surface area contributed by atoms with Gasteiger partial charge in [0, 0.05) is 30.6 Å². The van der Waals surface area contributed by atoms with Crippen LogP contribution in [0.4, 0.5) is 5.69 Å². The van der Waals surface area contributed by atoms with Crippen molar-refractivity contribution in [3.63, 3.8) is 0 Å². The molecule has 0 radical (unpaired) electrons. The molecule has 2 aromatic carbocycles. The second-order valence-electron chi connectivity index (χ2n) is 9.46. The van der Waals surface area contributed by atoms with Gasteiger partial charge in [-0.1, -0.05) is 42.8 Å². The predicted molar refractivity (Wildman–Crippen MR) is 147 cm³/mol. The van der Waals surface area contributed by atoms with Crippen molar-refractivity contribution in [2.24, 2.45) is 0 Å². The fourth-order valence-corrected chi connectivity index (χ4v) is 5.20. The summed E-state index contributed by atoms with van der Waals surface area (Å²) in [7, 11) is -3.54. The van der Waals surface area contributed by atoms with Gasteiger partial charge in [0.15, 0.2) is 0 Å². The molecule has 7 nitrogen and oxygen atoms in total. The predicted octanol–water partition coefficient (Wildman–Crippen LogP) is 4.84. The van der Waals surface area contributed by atoms with E-state index in [1.807, 2.05) is 65.0 Å². The summed E-state index contributed by atoms with van der Waals surface area (Å²) in [6, 6.07) is 12.1. The van der Waals surface area contributed by atoms with Crippen molar-refractivity contribution in [3.05, 3.63) is 64.2 Å². The Hall–Kier alpha value is -2.58. The minimum atomic E-state index is -3.54. The summed E-state index contributed by atoms with van der Waals surface area (Å²) in [5, 5.41) is 3.50. The zero-order valence-electron chi connectivity index (χ0n) is 22.0. The molecule has 0 spiro atoms. The summed E-state index contributed by atoms with van der Waals surface area (Å²) in [5.41, 5.74) is 3.27. The van der Waals surface area contributed by atoms with Gasteiger partial charge in [-0.3, -0.25) is 13.9 Å². The monoisotopic (exact) mass is 535 g/mol. The van der Waals surface area contributed by atoms with Crippen LogP contribution in [0.2, 0.25) is 5.02 Å². The maximum atomic E-state index is 13.4. The molecule has 2 rings (SSSR count). The molecular weight excluding hydrogens is 498 g/mol. The molecule has 1 N–H and O–H groups in total. The SMILES string of the molecule is CCC(C(=O)NC(C)C)N(Cc1ccc(Cl)cc1)C(=O)CCCN(c1cc(C)ccc1C)S(C)(=O)=O. The molecule has 2 amide bonds. The van der Waals surface area contributed by atoms with Crippen LogP contribution in [0.1, 0.15) is 56.7 Å². The average Bonchev–Trinajstić information content (AvgIpc) is 2.78. The Bertz CT molecular complexity index is 1150. The number of nitrogens with zero attached hydrogens (tertiary/aromatic N) is 2. The highest BCUT2D eigenvalue weighted by Gasteiger charge is 2.29. The molecule has 0 saturated carbocycles. The number of aryl methyl sites for hydroxylation is 2. The Morgan fingerprint density at radius 2 is 1.69 bits per heavy atom. The zero-order valence-corrected chi connectivity index (χ0v) is 23.6. The first kappa shape index (κ1) is 29.6. The number of benzene rings is 2. The second-order valence-corrected chi connectivity index (χ2v) is 11.8. The van der Waals surface area contributed by atoms with Gasteiger partial charge in [0.25, 0.3) is 0 Å². The molecule has 2 aromatic rings. The molecule has 0 fully saturated rings. The number of sulfonamides is 1. The number of hydrogen-bond donors (Lipinski definition) is 1. The molecule has 0 bridgehead atoms. The van der Waals surface area contributed by atoms with Crippen molar-refractivity contribution in [1.29, 1.82) is 0 Å². The minimum absolute atomic E-state index is 0.0556. The highest BCUT2D eigenvalue weighted by Crippen LogP contribution is 2.25. The smallest absolute Gasteiger partial charge is 0.243 e. The van der Waals surface area contributed by atoms with Crippen LogP contribution in [0.5, 0.6) is 0 Å². The lowest BCUT2D eigenvalue weighted by atomic mass is 10.1. The van der Waals surface area contributed by atoms with E-state index < -0.39 is 16.1 Å². The summed E-state index contributed by atoms with van der Waals surface area (Å²) < 4.78 is 26.5. The van der Waals surface area contributed by atoms with E-state index in [1.54, 1.807) is 17.0 Å². The van der Waals surface area contributed by atoms with Crippen LogP contribution in [0.15, 0.2) is 42.5 Å². The first-order valence-corrected chi connectivity index (χ1v) is 14.4. The Labute approximate surface area is 220 Å². The van der Waals surface area contributed by atoms with Crippen LogP contribution < -0.4 is 9.62 Å². The van der Waals surface area contributed by atoms with E-state index in [1.165, 1.54) is 10.6 Å². The summed E-state index contributed by atoms with van der Waals surface area (Å²) in [4.78, 5) is 28.0. The third kappa shape index (κ3) is 8.52. The molecular formula is C27H38ClN3O4S. The van der Waals surface area contributed by atoms with Gasteiger partial charge in [-0.15, -0.1) is 0 Å². The number of halogens is 1. The quantitative estimate of drug-likeness (QED) is 0.421. The van der Waals surface area contributed by atoms with Gasteiger partial charge in [0.1, 0.15) is 6.04 Å². The molecule has 0 aliphatic heterocycles. The Kier molecular flexibility index (Phi) is 10.8. The molecule has 198 valence electrons. The van der Waals surface area contributed by atoms with Crippen LogP contribution in [0.25, 0.3) is 0 Å². The topological polar surface area (TPSA) is 86.8 Å². The van der Waals surface area contributed by atoms with E-state index >= 15 is 0 Å². The fraction of sp³-hybridized carbons (Fsp3) is 0.481. The van der Waals surface area contributed by atoms with Crippen LogP contribution >= 0.6 is 11.6 Å². The normalized spacial score (nSPS) is 12.3. The summed E-state index contributed by atoms with van der Waals surface area (Å²) in [6.45, 7) is 9.83. The van der Waals surface area contributed by atoms with Gasteiger partial charge in [-0.2, -0.15) is 0 Å². The fourth-order valence-electron chi connectivity index (χ4n) is 4.06. The number of carbonyl (C=O) groups is 2. The zero-order chi connectivity index (χ0) is 27.0. The highest BCUT2D eigenvalue weighted by atomic mass is 35.5. The molecule has 1 unspecified atom stereocenters. The number of hydrogen-bond acceptors (Lipinski definition) is 4. The maximum Gasteiger partial charge on any atom is 0.243 e. The number of nitrogens with one attached hydrogen (secondary N) is 1. The third-order valence-electron chi connectivity index (χ3n) is 5.87. The second kappa shape index (κ2) is 13.1. The van der Waals surface area contributed by atoms with Crippen LogP contribution in [0.3, 0.4) is 0 Å². The molecule has 0 aliphatic carbocycles. The number of anilines is 1. The summed E-state index contributed by atoms with van der Waals surface area (Å²) >= 11 is 6.02. The lowest BCUT2D eigenvalue weighted by Gasteiger charge is -2.31. The molecule has 36 heavy (non-hydrogen) atoms. The number of rotatable bonds is 12. The number of amides is 2. The first-order valence-electron chi connectivity index (χ1n) is 12.2. The standard InChI is InChI=1S/C27H38ClN3O4S/c1-7-24(27(33)29-19(2)3)30(18-22-12-14-23(28)15-13-22)26(32)9-8-16-31(36(6,34)35)25-17-20(4)10-11-21(25)5/h10-15,17,19,24H,7-9,16,18H2,1-6H3,(H,29,33). The van der Waals surface area contributed by atoms with Crippen molar-refractivity contribution < 1.29 is 18.0 Å². The van der Waals surface area contributed by atoms with E-state index in [0.717, 1.165) is 16.7 Å². The van der Waals surface area contributed by atoms with Crippen molar-refractivity contribution in [1.82, 2.24) is 10.2 Å². The molecule has 0 saturated heterocycles. The molecule has 9 heteroatoms. The van der Waals surface area contributed by atoms with Gasteiger partial charge in [0.05, 0.1) is 11.9 Å². The van der Waals surface area contributed by atoms with E-state index in [4.69, 9.17) is 11.6 Å². The van der Waals surface area contributed by atoms with E-state index in [0.29, 0.717) is 23.6 Å². The van der Waals surface area contributed by atoms with Crippen molar-refractivity contribution >= 4 is 39.1 Å². The number of carbonyl (C=O) groups excluding carboxylic acids is 2. The van der Waals surface area contributed by atoms with Crippen molar-refractivity contribution in [2.45, 2.75) is 72.5 Å². The van der Waals surface area contributed by atoms with Gasteiger partial charge < -0.3 is 10.2 Å². The van der Waals surface area contributed by atoms with Crippen LogP contribution in [-0.4, -0.2) is 50.0 Å². The van der Waals surface area contributed by atoms with Crippen LogP contribution in [-0.2, 0) is 26.2 Å². The minimum Gasteiger partial charge on any atom is -0.352 e. The van der Waals surface area contributed by atoms with Gasteiger partial charge in [-0.25, -0.2) is 8.42 Å². The van der Waals surface area contributed by atoms with Crippen molar-refractivity contribution in [3.8, 4) is 0 Å². The first-order chi connectivity index (χ1) is 16.8. The van der Waals surface area contributed by atoms with E-state index in [2.05, 4.69) is 5.32 Å². The van der Waals surface area contributed by atoms with Gasteiger partial charge in [-0.05, 0) is 75.4 Å². The molecule has 0 aromatic heterocycles. The lowest BCUT2D eigenvalue weighted by Crippen LogP contribution is -2.50. The Balaban J connectivity index is 2.24. The highest BCUT2D eigenvalue weighted by molar-refractivity contribution is 7.92. The van der Waals surface area contributed by atoms with Crippen LogP contribution in [0, 0.1) is 13.8 Å². The summed E-state index contributed by atoms with van der Waals surface area (Å²) in [6.07, 6.45) is 2.05. The largest absolute Gasteiger partial charge is 0.352 e. The molecule has 0 heterocycles. The van der Waals surface area contributed by atoms with Gasteiger partial charge >= 0.3 is 0 Å². The Morgan fingerprint density at radius 1 is 1.06 bits per heavy atom. The Morgan fingerprint density at radius 3 is 2.25 bits per heavy atom. The van der Waals surface area contributed by atoms with Crippen molar-refractivity contribution in [2.75, 3.05) is 17.1 Å².